The topological polar surface area (TPSA) is 17.1 Å². The molecule has 0 N–H and O–H groups in total. The van der Waals surface area contributed by atoms with Crippen LogP contribution in [0.2, 0.25) is 0 Å². The smallest absolute Gasteiger partial charge is 0.303 e. The third-order valence-electron chi connectivity index (χ3n) is 2.48. The van der Waals surface area contributed by atoms with E-state index in [1.54, 1.807) is 0 Å². The van der Waals surface area contributed by atoms with Gasteiger partial charge in [-0.1, -0.05) is 0 Å². The minimum absolute atomic E-state index is 0.243. The average Bonchev–Trinajstić information content (AvgIpc) is 2.24. The molecular formula is C11H5F9O. The van der Waals surface area contributed by atoms with Gasteiger partial charge in [-0.2, -0.15) is 39.5 Å². The number of carbonyl (C=O) groups excluding carboxylic acids is 1. The normalized spacial score (nSPS) is 13.4. The summed E-state index contributed by atoms with van der Waals surface area (Å²) in [6.07, 6.45) is -17.9. The summed E-state index contributed by atoms with van der Waals surface area (Å²) < 4.78 is 113. The van der Waals surface area contributed by atoms with Gasteiger partial charge in [-0.3, -0.25) is 0 Å². The van der Waals surface area contributed by atoms with Crippen LogP contribution in [0.25, 0.3) is 0 Å². The van der Waals surface area contributed by atoms with Crippen molar-refractivity contribution in [3.63, 3.8) is 0 Å². The van der Waals surface area contributed by atoms with Crippen LogP contribution in [-0.2, 0) is 29.7 Å². The molecule has 0 aliphatic rings. The summed E-state index contributed by atoms with van der Waals surface area (Å²) in [5, 5.41) is 0. The fourth-order valence-corrected chi connectivity index (χ4v) is 1.64. The molecule has 1 aromatic rings. The van der Waals surface area contributed by atoms with E-state index in [0.29, 0.717) is 0 Å². The Morgan fingerprint density at radius 2 is 1.14 bits per heavy atom. The first kappa shape index (κ1) is 17.3. The Bertz CT molecular complexity index is 501. The number of carbonyl (C=O) groups is 1. The van der Waals surface area contributed by atoms with Crippen molar-refractivity contribution in [3.8, 4) is 0 Å². The van der Waals surface area contributed by atoms with Crippen molar-refractivity contribution in [2.24, 2.45) is 0 Å². The molecule has 21 heavy (non-hydrogen) atoms. The minimum atomic E-state index is -5.46. The van der Waals surface area contributed by atoms with Gasteiger partial charge in [-0.05, 0) is 17.7 Å². The number of halogens is 9. The van der Waals surface area contributed by atoms with Crippen LogP contribution in [0, 0.1) is 0 Å². The van der Waals surface area contributed by atoms with E-state index >= 15 is 0 Å². The third-order valence-corrected chi connectivity index (χ3v) is 2.48. The first-order valence-electron chi connectivity index (χ1n) is 5.10. The highest BCUT2D eigenvalue weighted by atomic mass is 19.4. The lowest BCUT2D eigenvalue weighted by atomic mass is 9.94. The van der Waals surface area contributed by atoms with Crippen LogP contribution in [-0.4, -0.2) is 6.29 Å². The number of hydrogen-bond donors (Lipinski definition) is 0. The highest BCUT2D eigenvalue weighted by Crippen LogP contribution is 2.43. The third kappa shape index (κ3) is 3.88. The van der Waals surface area contributed by atoms with Gasteiger partial charge in [0.1, 0.15) is 6.29 Å². The fraction of sp³-hybridized carbons (Fsp3) is 0.364. The lowest BCUT2D eigenvalue weighted by Gasteiger charge is -2.20. The molecule has 0 saturated carbocycles. The lowest BCUT2D eigenvalue weighted by molar-refractivity contribution is -0.149. The molecule has 1 rings (SSSR count). The van der Waals surface area contributed by atoms with Crippen LogP contribution in [0.3, 0.4) is 0 Å². The van der Waals surface area contributed by atoms with Crippen LogP contribution in [0.15, 0.2) is 12.1 Å². The largest absolute Gasteiger partial charge is 0.416 e. The summed E-state index contributed by atoms with van der Waals surface area (Å²) >= 11 is 0. The summed E-state index contributed by atoms with van der Waals surface area (Å²) in [5.41, 5.74) is -7.87. The maximum Gasteiger partial charge on any atom is 0.416 e. The molecule has 0 aromatic heterocycles. The standard InChI is InChI=1S/C11H5F9O/c12-9(13,14)5-3-7(10(15,16)17)6(1-2-21)8(4-5)11(18,19)20/h2-4H,1H2. The Labute approximate surface area is 111 Å². The highest BCUT2D eigenvalue weighted by Gasteiger charge is 2.44. The Kier molecular flexibility index (Phi) is 4.31. The Hall–Kier alpha value is -1.74. The summed E-state index contributed by atoms with van der Waals surface area (Å²) in [6.45, 7) is 0. The van der Waals surface area contributed by atoms with Crippen LogP contribution < -0.4 is 0 Å². The zero-order valence-corrected chi connectivity index (χ0v) is 9.75. The summed E-state index contributed by atoms with van der Waals surface area (Å²) in [4.78, 5) is 10.3. The van der Waals surface area contributed by atoms with Gasteiger partial charge in [0.05, 0.1) is 16.7 Å². The molecule has 0 fully saturated rings. The quantitative estimate of drug-likeness (QED) is 0.579. The lowest BCUT2D eigenvalue weighted by Crippen LogP contribution is -2.20. The van der Waals surface area contributed by atoms with Gasteiger partial charge in [0.25, 0.3) is 0 Å². The van der Waals surface area contributed by atoms with Crippen molar-refractivity contribution in [1.29, 1.82) is 0 Å². The van der Waals surface area contributed by atoms with Crippen LogP contribution in [0.4, 0.5) is 39.5 Å². The second kappa shape index (κ2) is 5.23. The summed E-state index contributed by atoms with van der Waals surface area (Å²) in [6, 6.07) is -0.873. The van der Waals surface area contributed by atoms with Crippen molar-refractivity contribution in [1.82, 2.24) is 0 Å². The first-order chi connectivity index (χ1) is 9.28. The van der Waals surface area contributed by atoms with E-state index in [1.807, 2.05) is 0 Å². The molecule has 0 bridgehead atoms. The van der Waals surface area contributed by atoms with Crippen molar-refractivity contribution in [3.05, 3.63) is 34.4 Å². The maximum atomic E-state index is 12.7. The number of hydrogen-bond acceptors (Lipinski definition) is 1. The van der Waals surface area contributed by atoms with Crippen molar-refractivity contribution in [2.75, 3.05) is 0 Å². The van der Waals surface area contributed by atoms with E-state index in [4.69, 9.17) is 0 Å². The van der Waals surface area contributed by atoms with Crippen molar-refractivity contribution in [2.45, 2.75) is 24.9 Å². The average molecular weight is 324 g/mol. The molecule has 0 amide bonds. The number of benzene rings is 1. The molecule has 1 aromatic carbocycles. The molecular weight excluding hydrogens is 319 g/mol. The van der Waals surface area contributed by atoms with Crippen molar-refractivity contribution >= 4 is 6.29 Å². The molecule has 0 radical (unpaired) electrons. The zero-order valence-electron chi connectivity index (χ0n) is 9.75. The van der Waals surface area contributed by atoms with Crippen LogP contribution in [0.1, 0.15) is 22.3 Å². The predicted molar refractivity (Wildman–Crippen MR) is 51.2 cm³/mol. The van der Waals surface area contributed by atoms with E-state index in [-0.39, 0.29) is 6.29 Å². The zero-order chi connectivity index (χ0) is 16.6. The molecule has 118 valence electrons. The second-order valence-corrected chi connectivity index (χ2v) is 3.91. The SMILES string of the molecule is O=CCc1c(C(F)(F)F)cc(C(F)(F)F)cc1C(F)(F)F. The summed E-state index contributed by atoms with van der Waals surface area (Å²) in [5.74, 6) is 0. The minimum Gasteiger partial charge on any atom is -0.303 e. The van der Waals surface area contributed by atoms with Gasteiger partial charge in [0.2, 0.25) is 0 Å². The molecule has 0 atom stereocenters. The van der Waals surface area contributed by atoms with Gasteiger partial charge in [-0.15, -0.1) is 0 Å². The molecule has 0 saturated heterocycles. The van der Waals surface area contributed by atoms with Gasteiger partial charge in [0.15, 0.2) is 0 Å². The summed E-state index contributed by atoms with van der Waals surface area (Å²) in [7, 11) is 0. The van der Waals surface area contributed by atoms with Gasteiger partial charge in [0, 0.05) is 6.42 Å². The van der Waals surface area contributed by atoms with Gasteiger partial charge >= 0.3 is 18.5 Å². The van der Waals surface area contributed by atoms with Crippen LogP contribution >= 0.6 is 0 Å². The van der Waals surface area contributed by atoms with Gasteiger partial charge < -0.3 is 4.79 Å². The Morgan fingerprint density at radius 1 is 0.762 bits per heavy atom. The highest BCUT2D eigenvalue weighted by molar-refractivity contribution is 5.59. The Morgan fingerprint density at radius 3 is 1.38 bits per heavy atom. The monoisotopic (exact) mass is 324 g/mol. The van der Waals surface area contributed by atoms with E-state index < -0.39 is 59.3 Å². The molecule has 0 aliphatic heterocycles. The first-order valence-corrected chi connectivity index (χ1v) is 5.10. The number of rotatable bonds is 2. The fourth-order valence-electron chi connectivity index (χ4n) is 1.64. The van der Waals surface area contributed by atoms with E-state index in [1.165, 1.54) is 0 Å². The molecule has 10 heteroatoms. The molecule has 0 aliphatic carbocycles. The van der Waals surface area contributed by atoms with E-state index in [2.05, 4.69) is 0 Å². The second-order valence-electron chi connectivity index (χ2n) is 3.91. The van der Waals surface area contributed by atoms with E-state index in [9.17, 15) is 44.3 Å². The predicted octanol–water partition coefficient (Wildman–Crippen LogP) is 4.48. The number of aldehydes is 1. The van der Waals surface area contributed by atoms with Gasteiger partial charge in [-0.25, -0.2) is 0 Å². The Balaban J connectivity index is 3.79. The number of alkyl halides is 9. The maximum absolute atomic E-state index is 12.7. The molecule has 0 spiro atoms. The molecule has 1 nitrogen and oxygen atoms in total. The molecule has 0 unspecified atom stereocenters. The van der Waals surface area contributed by atoms with E-state index in [0.717, 1.165) is 0 Å². The van der Waals surface area contributed by atoms with Crippen LogP contribution in [0.5, 0.6) is 0 Å². The molecule has 0 heterocycles. The van der Waals surface area contributed by atoms with Crippen molar-refractivity contribution < 1.29 is 44.3 Å².